The van der Waals surface area contributed by atoms with E-state index in [1.165, 1.54) is 18.4 Å². The lowest BCUT2D eigenvalue weighted by Gasteiger charge is -2.33. The van der Waals surface area contributed by atoms with Gasteiger partial charge in [-0.2, -0.15) is 0 Å². The largest absolute Gasteiger partial charge is 0.492 e. The Morgan fingerprint density at radius 1 is 1.05 bits per heavy atom. The van der Waals surface area contributed by atoms with Crippen LogP contribution in [0.2, 0.25) is 5.02 Å². The summed E-state index contributed by atoms with van der Waals surface area (Å²) in [5, 5.41) is 0.728. The van der Waals surface area contributed by atoms with Crippen molar-refractivity contribution >= 4 is 11.6 Å². The predicted octanol–water partition coefficient (Wildman–Crippen LogP) is 6.62. The van der Waals surface area contributed by atoms with Crippen LogP contribution < -0.4 is 4.74 Å². The number of halogens is 1. The fourth-order valence-corrected chi connectivity index (χ4v) is 3.24. The average molecular weight is 311 g/mol. The zero-order valence-corrected chi connectivity index (χ0v) is 15.3. The molecule has 0 N–H and O–H groups in total. The highest BCUT2D eigenvalue weighted by Gasteiger charge is 2.27. The Morgan fingerprint density at radius 2 is 1.71 bits per heavy atom. The first kappa shape index (κ1) is 18.4. The fourth-order valence-electron chi connectivity index (χ4n) is 3.00. The highest BCUT2D eigenvalue weighted by Crippen LogP contribution is 2.38. The molecule has 0 saturated heterocycles. The molecule has 0 spiro atoms. The quantitative estimate of drug-likeness (QED) is 0.514. The van der Waals surface area contributed by atoms with Crippen LogP contribution >= 0.6 is 11.6 Å². The van der Waals surface area contributed by atoms with Gasteiger partial charge in [0.25, 0.3) is 0 Å². The summed E-state index contributed by atoms with van der Waals surface area (Å²) >= 11 is 6.39. The monoisotopic (exact) mass is 310 g/mol. The lowest BCUT2D eigenvalue weighted by molar-refractivity contribution is 0.283. The SMILES string of the molecule is CCCCCOc1ccc(C(C)(C)CC(C)(C)C)cc1Cl. The molecule has 1 aromatic rings. The molecule has 0 fully saturated rings. The fraction of sp³-hybridized carbons (Fsp3) is 0.684. The topological polar surface area (TPSA) is 9.23 Å². The van der Waals surface area contributed by atoms with E-state index in [2.05, 4.69) is 53.7 Å². The van der Waals surface area contributed by atoms with Gasteiger partial charge >= 0.3 is 0 Å². The summed E-state index contributed by atoms with van der Waals surface area (Å²) < 4.78 is 5.78. The smallest absolute Gasteiger partial charge is 0.137 e. The van der Waals surface area contributed by atoms with E-state index in [4.69, 9.17) is 16.3 Å². The van der Waals surface area contributed by atoms with Crippen LogP contribution in [-0.2, 0) is 5.41 Å². The van der Waals surface area contributed by atoms with Gasteiger partial charge in [0.2, 0.25) is 0 Å². The Hall–Kier alpha value is -0.690. The van der Waals surface area contributed by atoms with Gasteiger partial charge in [-0.25, -0.2) is 0 Å². The molecule has 1 rings (SSSR count). The zero-order chi connectivity index (χ0) is 16.1. The van der Waals surface area contributed by atoms with Gasteiger partial charge in [-0.05, 0) is 41.4 Å². The van der Waals surface area contributed by atoms with Crippen LogP contribution in [0.15, 0.2) is 18.2 Å². The maximum Gasteiger partial charge on any atom is 0.137 e. The summed E-state index contributed by atoms with van der Waals surface area (Å²) in [6, 6.07) is 6.25. The Labute approximate surface area is 136 Å². The van der Waals surface area contributed by atoms with Gasteiger partial charge in [0.05, 0.1) is 11.6 Å². The number of unbranched alkanes of at least 4 members (excludes halogenated alkanes) is 2. The van der Waals surface area contributed by atoms with Crippen LogP contribution in [0.1, 0.15) is 72.8 Å². The molecule has 2 heteroatoms. The second-order valence-corrected chi connectivity index (χ2v) is 8.23. The number of benzene rings is 1. The van der Waals surface area contributed by atoms with Gasteiger partial charge in [-0.15, -0.1) is 0 Å². The first-order valence-electron chi connectivity index (χ1n) is 8.08. The normalized spacial score (nSPS) is 12.5. The summed E-state index contributed by atoms with van der Waals surface area (Å²) in [5.41, 5.74) is 1.69. The zero-order valence-electron chi connectivity index (χ0n) is 14.6. The molecular weight excluding hydrogens is 280 g/mol. The molecule has 0 aliphatic carbocycles. The van der Waals surface area contributed by atoms with E-state index >= 15 is 0 Å². The lowest BCUT2D eigenvalue weighted by Crippen LogP contribution is -2.24. The van der Waals surface area contributed by atoms with Crippen molar-refractivity contribution in [2.24, 2.45) is 5.41 Å². The number of hydrogen-bond donors (Lipinski definition) is 0. The first-order valence-corrected chi connectivity index (χ1v) is 8.46. The van der Waals surface area contributed by atoms with Crippen LogP contribution in [0, 0.1) is 5.41 Å². The van der Waals surface area contributed by atoms with Crippen LogP contribution in [0.25, 0.3) is 0 Å². The van der Waals surface area contributed by atoms with Gasteiger partial charge in [0.1, 0.15) is 5.75 Å². The first-order chi connectivity index (χ1) is 9.65. The van der Waals surface area contributed by atoms with Crippen LogP contribution in [0.4, 0.5) is 0 Å². The molecule has 0 heterocycles. The van der Waals surface area contributed by atoms with Crippen molar-refractivity contribution in [2.45, 2.75) is 72.6 Å². The standard InChI is InChI=1S/C19H31ClO/c1-7-8-9-12-21-17-11-10-15(13-16(17)20)19(5,6)14-18(2,3)4/h10-11,13H,7-9,12,14H2,1-6H3. The molecule has 0 saturated carbocycles. The van der Waals surface area contributed by atoms with Crippen LogP contribution in [0.5, 0.6) is 5.75 Å². The second kappa shape index (κ2) is 7.54. The summed E-state index contributed by atoms with van der Waals surface area (Å²) in [5.74, 6) is 0.808. The number of rotatable bonds is 7. The van der Waals surface area contributed by atoms with E-state index in [1.54, 1.807) is 0 Å². The van der Waals surface area contributed by atoms with E-state index in [1.807, 2.05) is 6.07 Å². The van der Waals surface area contributed by atoms with E-state index in [-0.39, 0.29) is 5.41 Å². The van der Waals surface area contributed by atoms with Crippen molar-refractivity contribution in [3.05, 3.63) is 28.8 Å². The molecular formula is C19H31ClO. The molecule has 21 heavy (non-hydrogen) atoms. The van der Waals surface area contributed by atoms with E-state index in [0.717, 1.165) is 30.2 Å². The van der Waals surface area contributed by atoms with Gasteiger partial charge in [-0.1, -0.05) is 72.1 Å². The van der Waals surface area contributed by atoms with Crippen molar-refractivity contribution in [3.8, 4) is 5.75 Å². The van der Waals surface area contributed by atoms with E-state index in [0.29, 0.717) is 5.41 Å². The van der Waals surface area contributed by atoms with Gasteiger partial charge in [0, 0.05) is 0 Å². The molecule has 1 nitrogen and oxygen atoms in total. The van der Waals surface area contributed by atoms with Gasteiger partial charge in [0.15, 0.2) is 0 Å². The molecule has 0 bridgehead atoms. The lowest BCUT2D eigenvalue weighted by atomic mass is 9.72. The summed E-state index contributed by atoms with van der Waals surface area (Å²) in [7, 11) is 0. The third-order valence-corrected chi connectivity index (χ3v) is 3.99. The maximum atomic E-state index is 6.39. The molecule has 0 atom stereocenters. The minimum atomic E-state index is 0.114. The highest BCUT2D eigenvalue weighted by atomic mass is 35.5. The van der Waals surface area contributed by atoms with E-state index in [9.17, 15) is 0 Å². The van der Waals surface area contributed by atoms with Crippen LogP contribution in [0.3, 0.4) is 0 Å². The third kappa shape index (κ3) is 6.30. The molecule has 0 aliphatic heterocycles. The maximum absolute atomic E-state index is 6.39. The number of hydrogen-bond acceptors (Lipinski definition) is 1. The highest BCUT2D eigenvalue weighted by molar-refractivity contribution is 6.32. The Morgan fingerprint density at radius 3 is 2.24 bits per heavy atom. The molecule has 120 valence electrons. The minimum Gasteiger partial charge on any atom is -0.492 e. The summed E-state index contributed by atoms with van der Waals surface area (Å²) in [4.78, 5) is 0. The summed E-state index contributed by atoms with van der Waals surface area (Å²) in [6.07, 6.45) is 4.61. The van der Waals surface area contributed by atoms with Crippen molar-refractivity contribution in [2.75, 3.05) is 6.61 Å². The molecule has 1 aromatic carbocycles. The predicted molar refractivity (Wildman–Crippen MR) is 93.6 cm³/mol. The molecule has 0 aromatic heterocycles. The van der Waals surface area contributed by atoms with Crippen molar-refractivity contribution < 1.29 is 4.74 Å². The Balaban J connectivity index is 2.77. The van der Waals surface area contributed by atoms with Gasteiger partial charge < -0.3 is 4.74 Å². The second-order valence-electron chi connectivity index (χ2n) is 7.82. The van der Waals surface area contributed by atoms with Crippen molar-refractivity contribution in [3.63, 3.8) is 0 Å². The third-order valence-electron chi connectivity index (χ3n) is 3.69. The van der Waals surface area contributed by atoms with Crippen molar-refractivity contribution in [1.29, 1.82) is 0 Å². The number of ether oxygens (including phenoxy) is 1. The van der Waals surface area contributed by atoms with Crippen molar-refractivity contribution in [1.82, 2.24) is 0 Å². The molecule has 0 unspecified atom stereocenters. The van der Waals surface area contributed by atoms with Crippen LogP contribution in [-0.4, -0.2) is 6.61 Å². The average Bonchev–Trinajstić information content (AvgIpc) is 2.33. The molecule has 0 radical (unpaired) electrons. The minimum absolute atomic E-state index is 0.114. The molecule has 0 amide bonds. The van der Waals surface area contributed by atoms with Gasteiger partial charge in [-0.3, -0.25) is 0 Å². The molecule has 0 aliphatic rings. The Bertz CT molecular complexity index is 443. The van der Waals surface area contributed by atoms with E-state index < -0.39 is 0 Å². The summed E-state index contributed by atoms with van der Waals surface area (Å²) in [6.45, 7) is 14.3. The Kier molecular flexibility index (Phi) is 6.59.